The molecule has 4 heteroatoms. The molecule has 0 fully saturated rings. The van der Waals surface area contributed by atoms with E-state index in [9.17, 15) is 9.59 Å². The molecule has 1 rings (SSSR count). The van der Waals surface area contributed by atoms with Gasteiger partial charge in [-0.3, -0.25) is 9.59 Å². The van der Waals surface area contributed by atoms with Gasteiger partial charge in [0, 0.05) is 0 Å². The third-order valence-electron chi connectivity index (χ3n) is 2.98. The molecule has 0 atom stereocenters. The van der Waals surface area contributed by atoms with Crippen LogP contribution in [-0.2, 0) is 25.5 Å². The minimum atomic E-state index is -0.837. The highest BCUT2D eigenvalue weighted by molar-refractivity contribution is 5.94. The van der Waals surface area contributed by atoms with Gasteiger partial charge >= 0.3 is 11.9 Å². The Labute approximate surface area is 120 Å². The van der Waals surface area contributed by atoms with Gasteiger partial charge in [0.25, 0.3) is 0 Å². The molecule has 0 bridgehead atoms. The molecule has 0 radical (unpaired) electrons. The van der Waals surface area contributed by atoms with Crippen LogP contribution in [0.5, 0.6) is 0 Å². The Bertz CT molecular complexity index is 418. The smallest absolute Gasteiger partial charge is 0.320 e. The van der Waals surface area contributed by atoms with Crippen LogP contribution in [0.4, 0.5) is 0 Å². The summed E-state index contributed by atoms with van der Waals surface area (Å²) >= 11 is 0. The normalized spacial score (nSPS) is 10.4. The van der Waals surface area contributed by atoms with Gasteiger partial charge in [0.05, 0.1) is 13.2 Å². The maximum Gasteiger partial charge on any atom is 0.320 e. The van der Waals surface area contributed by atoms with Gasteiger partial charge in [-0.15, -0.1) is 0 Å². The molecule has 0 aliphatic carbocycles. The lowest BCUT2D eigenvalue weighted by Crippen LogP contribution is -2.28. The number of ether oxygens (including phenoxy) is 2. The molecule has 0 amide bonds. The van der Waals surface area contributed by atoms with E-state index in [2.05, 4.69) is 0 Å². The maximum absolute atomic E-state index is 11.8. The molecule has 0 saturated heterocycles. The van der Waals surface area contributed by atoms with Gasteiger partial charge in [-0.05, 0) is 39.2 Å². The van der Waals surface area contributed by atoms with Crippen molar-refractivity contribution in [2.45, 2.75) is 33.6 Å². The first-order valence-corrected chi connectivity index (χ1v) is 6.97. The molecule has 0 aliphatic heterocycles. The van der Waals surface area contributed by atoms with E-state index in [4.69, 9.17) is 9.47 Å². The van der Waals surface area contributed by atoms with Crippen LogP contribution in [0.3, 0.4) is 0 Å². The first-order chi connectivity index (χ1) is 9.58. The second kappa shape index (κ2) is 8.35. The molecule has 0 heterocycles. The third-order valence-corrected chi connectivity index (χ3v) is 2.98. The van der Waals surface area contributed by atoms with Crippen molar-refractivity contribution in [3.8, 4) is 0 Å². The number of aryl methyl sites for hydroxylation is 2. The summed E-state index contributed by atoms with van der Waals surface area (Å²) in [6, 6.07) is 8.03. The van der Waals surface area contributed by atoms with Crippen LogP contribution in [0.1, 0.15) is 31.4 Å². The molecule has 1 aromatic carbocycles. The Morgan fingerprint density at radius 1 is 1.00 bits per heavy atom. The van der Waals surface area contributed by atoms with E-state index in [1.54, 1.807) is 13.8 Å². The van der Waals surface area contributed by atoms with Crippen molar-refractivity contribution in [1.29, 1.82) is 0 Å². The maximum atomic E-state index is 11.8. The average molecular weight is 278 g/mol. The summed E-state index contributed by atoms with van der Waals surface area (Å²) < 4.78 is 9.88. The van der Waals surface area contributed by atoms with Gasteiger partial charge < -0.3 is 9.47 Å². The predicted molar refractivity (Wildman–Crippen MR) is 76.3 cm³/mol. The van der Waals surface area contributed by atoms with Crippen molar-refractivity contribution in [2.75, 3.05) is 13.2 Å². The summed E-state index contributed by atoms with van der Waals surface area (Å²) in [6.45, 7) is 5.99. The van der Waals surface area contributed by atoms with Crippen molar-refractivity contribution < 1.29 is 19.1 Å². The van der Waals surface area contributed by atoms with Crippen LogP contribution in [-0.4, -0.2) is 25.2 Å². The largest absolute Gasteiger partial charge is 0.465 e. The minimum absolute atomic E-state index is 0.263. The van der Waals surface area contributed by atoms with E-state index in [-0.39, 0.29) is 13.2 Å². The number of hydrogen-bond donors (Lipinski definition) is 0. The Kier molecular flexibility index (Phi) is 6.77. The van der Waals surface area contributed by atoms with E-state index in [0.717, 1.165) is 5.56 Å². The number of hydrogen-bond acceptors (Lipinski definition) is 4. The molecule has 1 aromatic rings. The van der Waals surface area contributed by atoms with Crippen molar-refractivity contribution in [3.05, 3.63) is 35.4 Å². The lowest BCUT2D eigenvalue weighted by atomic mass is 9.99. The lowest BCUT2D eigenvalue weighted by molar-refractivity contribution is -0.161. The van der Waals surface area contributed by atoms with Gasteiger partial charge in [-0.2, -0.15) is 0 Å². The third kappa shape index (κ3) is 5.03. The van der Waals surface area contributed by atoms with E-state index in [1.807, 2.05) is 31.2 Å². The summed E-state index contributed by atoms with van der Waals surface area (Å²) in [5, 5.41) is 0. The summed E-state index contributed by atoms with van der Waals surface area (Å²) in [5.74, 6) is -1.84. The number of rotatable bonds is 7. The number of esters is 2. The predicted octanol–water partition coefficient (Wildman–Crippen LogP) is 2.67. The first-order valence-electron chi connectivity index (χ1n) is 6.97. The number of benzene rings is 1. The SMILES string of the molecule is CCOC(=O)C(CCc1ccc(C)cc1)C(=O)OCC. The average Bonchev–Trinajstić information content (AvgIpc) is 2.42. The van der Waals surface area contributed by atoms with Crippen molar-refractivity contribution in [2.24, 2.45) is 5.92 Å². The summed E-state index contributed by atoms with van der Waals surface area (Å²) in [4.78, 5) is 23.6. The van der Waals surface area contributed by atoms with Gasteiger partial charge in [0.15, 0.2) is 5.92 Å². The van der Waals surface area contributed by atoms with Crippen molar-refractivity contribution >= 4 is 11.9 Å². The lowest BCUT2D eigenvalue weighted by Gasteiger charge is -2.14. The van der Waals surface area contributed by atoms with E-state index < -0.39 is 17.9 Å². The fourth-order valence-corrected chi connectivity index (χ4v) is 1.88. The van der Waals surface area contributed by atoms with Crippen LogP contribution in [0, 0.1) is 12.8 Å². The standard InChI is InChI=1S/C16H22O4/c1-4-19-15(17)14(16(18)20-5-2)11-10-13-8-6-12(3)7-9-13/h6-9,14H,4-5,10-11H2,1-3H3. The molecule has 0 N–H and O–H groups in total. The van der Waals surface area contributed by atoms with Crippen LogP contribution in [0.15, 0.2) is 24.3 Å². The van der Waals surface area contributed by atoms with Crippen LogP contribution in [0.25, 0.3) is 0 Å². The van der Waals surface area contributed by atoms with E-state index >= 15 is 0 Å². The molecule has 4 nitrogen and oxygen atoms in total. The van der Waals surface area contributed by atoms with Crippen molar-refractivity contribution in [3.63, 3.8) is 0 Å². The van der Waals surface area contributed by atoms with E-state index in [0.29, 0.717) is 12.8 Å². The van der Waals surface area contributed by atoms with Gasteiger partial charge in [0.2, 0.25) is 0 Å². The van der Waals surface area contributed by atoms with Gasteiger partial charge in [0.1, 0.15) is 0 Å². The molecular formula is C16H22O4. The van der Waals surface area contributed by atoms with Crippen LogP contribution < -0.4 is 0 Å². The molecule has 110 valence electrons. The highest BCUT2D eigenvalue weighted by atomic mass is 16.6. The molecule has 20 heavy (non-hydrogen) atoms. The Hall–Kier alpha value is -1.84. The Morgan fingerprint density at radius 3 is 1.95 bits per heavy atom. The number of carbonyl (C=O) groups excluding carboxylic acids is 2. The Balaban J connectivity index is 2.66. The minimum Gasteiger partial charge on any atom is -0.465 e. The molecule has 0 aliphatic rings. The second-order valence-electron chi connectivity index (χ2n) is 4.58. The topological polar surface area (TPSA) is 52.6 Å². The summed E-state index contributed by atoms with van der Waals surface area (Å²) in [5.41, 5.74) is 2.27. The quantitative estimate of drug-likeness (QED) is 0.568. The Morgan fingerprint density at radius 2 is 1.50 bits per heavy atom. The zero-order valence-corrected chi connectivity index (χ0v) is 12.3. The molecule has 0 aromatic heterocycles. The molecular weight excluding hydrogens is 256 g/mol. The fraction of sp³-hybridized carbons (Fsp3) is 0.500. The van der Waals surface area contributed by atoms with E-state index in [1.165, 1.54) is 5.56 Å². The van der Waals surface area contributed by atoms with Gasteiger partial charge in [-0.1, -0.05) is 29.8 Å². The molecule has 0 unspecified atom stereocenters. The summed E-state index contributed by atoms with van der Waals surface area (Å²) in [6.07, 6.45) is 1.04. The van der Waals surface area contributed by atoms with Crippen LogP contribution in [0.2, 0.25) is 0 Å². The molecule has 0 saturated carbocycles. The zero-order valence-electron chi connectivity index (χ0n) is 12.3. The second-order valence-corrected chi connectivity index (χ2v) is 4.58. The van der Waals surface area contributed by atoms with Crippen LogP contribution >= 0.6 is 0 Å². The van der Waals surface area contributed by atoms with Gasteiger partial charge in [-0.25, -0.2) is 0 Å². The first kappa shape index (κ1) is 16.2. The fourth-order valence-electron chi connectivity index (χ4n) is 1.88. The van der Waals surface area contributed by atoms with Crippen molar-refractivity contribution in [1.82, 2.24) is 0 Å². The molecule has 0 spiro atoms. The monoisotopic (exact) mass is 278 g/mol. The zero-order chi connectivity index (χ0) is 15.0. The highest BCUT2D eigenvalue weighted by Gasteiger charge is 2.28. The summed E-state index contributed by atoms with van der Waals surface area (Å²) in [7, 11) is 0. The highest BCUT2D eigenvalue weighted by Crippen LogP contribution is 2.14. The number of carbonyl (C=O) groups is 2.